The summed E-state index contributed by atoms with van der Waals surface area (Å²) in [5.74, 6) is 2.31. The van der Waals surface area contributed by atoms with Crippen LogP contribution in [-0.4, -0.2) is 67.1 Å². The molecule has 0 amide bonds. The Hall–Kier alpha value is -2.19. The highest BCUT2D eigenvalue weighted by Crippen LogP contribution is 2.35. The molecule has 0 aliphatic carbocycles. The number of nitrogens with one attached hydrogen (secondary N) is 1. The van der Waals surface area contributed by atoms with Gasteiger partial charge in [0.1, 0.15) is 17.2 Å². The van der Waals surface area contributed by atoms with Crippen LogP contribution in [0.4, 0.5) is 17.5 Å². The average Bonchev–Trinajstić information content (AvgIpc) is 3.25. The van der Waals surface area contributed by atoms with E-state index in [2.05, 4.69) is 115 Å². The van der Waals surface area contributed by atoms with Gasteiger partial charge in [-0.05, 0) is 99.6 Å². The van der Waals surface area contributed by atoms with Gasteiger partial charge in [-0.1, -0.05) is 25.2 Å². The predicted octanol–water partition coefficient (Wildman–Crippen LogP) is 6.23. The number of halogens is 2. The zero-order chi connectivity index (χ0) is 27.0. The predicted molar refractivity (Wildman–Crippen MR) is 175 cm³/mol. The molecule has 0 unspecified atom stereocenters. The number of anilines is 3. The molecule has 0 radical (unpaired) electrons. The monoisotopic (exact) mass is 736 g/mol. The molecule has 200 valence electrons. The van der Waals surface area contributed by atoms with E-state index in [0.717, 1.165) is 69.0 Å². The van der Waals surface area contributed by atoms with Crippen molar-refractivity contribution in [3.05, 3.63) is 49.8 Å². The van der Waals surface area contributed by atoms with Crippen molar-refractivity contribution in [2.24, 2.45) is 0 Å². The summed E-state index contributed by atoms with van der Waals surface area (Å²) in [6.07, 6.45) is 8.08. The van der Waals surface area contributed by atoms with Gasteiger partial charge in [-0.15, -0.1) is 0 Å². The zero-order valence-electron chi connectivity index (χ0n) is 22.5. The molecule has 0 atom stereocenters. The molecule has 1 aliphatic rings. The molecule has 0 saturated carbocycles. The number of hydrogen-bond acceptors (Lipinski definition) is 7. The lowest BCUT2D eigenvalue weighted by atomic mass is 10.0. The Bertz CT molecular complexity index is 1450. The summed E-state index contributed by atoms with van der Waals surface area (Å²) in [6.45, 7) is 8.53. The molecule has 8 nitrogen and oxygen atoms in total. The number of fused-ring (bicyclic) bond motifs is 1. The second-order valence-corrected chi connectivity index (χ2v) is 13.3. The minimum Gasteiger partial charge on any atom is -0.369 e. The lowest BCUT2D eigenvalue weighted by molar-refractivity contribution is 0.249. The van der Waals surface area contributed by atoms with Gasteiger partial charge in [-0.25, -0.2) is 19.9 Å². The van der Waals surface area contributed by atoms with Crippen LogP contribution in [0.3, 0.4) is 0 Å². The third-order valence-corrected chi connectivity index (χ3v) is 9.69. The zero-order valence-corrected chi connectivity index (χ0v) is 26.9. The quantitative estimate of drug-likeness (QED) is 0.226. The van der Waals surface area contributed by atoms with E-state index in [9.17, 15) is 0 Å². The number of aryl methyl sites for hydroxylation is 1. The number of aromatic nitrogens is 5. The van der Waals surface area contributed by atoms with Crippen molar-refractivity contribution in [2.75, 3.05) is 37.4 Å². The molecule has 1 aromatic carbocycles. The van der Waals surface area contributed by atoms with Crippen LogP contribution < -0.4 is 10.2 Å². The molecule has 1 fully saturated rings. The molecule has 1 N–H and O–H groups in total. The maximum Gasteiger partial charge on any atom is 0.228 e. The maximum atomic E-state index is 4.84. The molecule has 5 rings (SSSR count). The largest absolute Gasteiger partial charge is 0.369 e. The number of hydrogen-bond donors (Lipinski definition) is 1. The van der Waals surface area contributed by atoms with Crippen molar-refractivity contribution in [2.45, 2.75) is 45.7 Å². The topological polar surface area (TPSA) is 75.0 Å². The Balaban J connectivity index is 1.40. The molecule has 0 bridgehead atoms. The minimum atomic E-state index is -0.406. The van der Waals surface area contributed by atoms with Crippen molar-refractivity contribution in [3.8, 4) is 11.1 Å². The molecular formula is C28H34I2N8. The van der Waals surface area contributed by atoms with Gasteiger partial charge in [0.05, 0.1) is 23.6 Å². The van der Waals surface area contributed by atoms with Gasteiger partial charge in [0, 0.05) is 38.5 Å². The van der Waals surface area contributed by atoms with Gasteiger partial charge >= 0.3 is 0 Å². The number of piperidine rings is 1. The van der Waals surface area contributed by atoms with E-state index in [0.29, 0.717) is 18.0 Å². The van der Waals surface area contributed by atoms with Crippen LogP contribution in [0.25, 0.3) is 22.2 Å². The van der Waals surface area contributed by atoms with Crippen LogP contribution in [-0.2, 0) is 0 Å². The summed E-state index contributed by atoms with van der Waals surface area (Å²) in [5.41, 5.74) is 5.59. The molecule has 3 aromatic heterocycles. The van der Waals surface area contributed by atoms with Gasteiger partial charge in [0.25, 0.3) is 0 Å². The number of benzene rings is 1. The molecule has 4 aromatic rings. The summed E-state index contributed by atoms with van der Waals surface area (Å²) in [5, 5.41) is 3.32. The molecule has 1 saturated heterocycles. The number of imidazole rings is 1. The summed E-state index contributed by atoms with van der Waals surface area (Å²) in [7, 11) is 4.32. The van der Waals surface area contributed by atoms with E-state index in [4.69, 9.17) is 4.98 Å². The van der Waals surface area contributed by atoms with E-state index in [1.54, 1.807) is 0 Å². The number of nitrogens with zero attached hydrogens (tertiary/aromatic N) is 7. The Morgan fingerprint density at radius 2 is 1.79 bits per heavy atom. The SMILES string of the molecule is C=Ic1cnc(Nc2ncc(N3CCC(N(C)C)CC3)cn2)cc1-c1cc(I)c2nc(C)n(C(C)C)c2c1. The number of pyridine rings is 1. The smallest absolute Gasteiger partial charge is 0.228 e. The summed E-state index contributed by atoms with van der Waals surface area (Å²) in [4.78, 5) is 23.4. The molecular weight excluding hydrogens is 702 g/mol. The summed E-state index contributed by atoms with van der Waals surface area (Å²) >= 11 is 1.99. The lowest BCUT2D eigenvalue weighted by Gasteiger charge is -2.36. The van der Waals surface area contributed by atoms with Crippen LogP contribution in [0.2, 0.25) is 0 Å². The highest BCUT2D eigenvalue weighted by Gasteiger charge is 2.21. The third kappa shape index (κ3) is 5.57. The van der Waals surface area contributed by atoms with E-state index >= 15 is 0 Å². The normalized spacial score (nSPS) is 14.7. The van der Waals surface area contributed by atoms with Crippen LogP contribution >= 0.6 is 43.3 Å². The fourth-order valence-electron chi connectivity index (χ4n) is 5.22. The molecule has 1 aliphatic heterocycles. The fraction of sp³-hybridized carbons (Fsp3) is 0.393. The van der Waals surface area contributed by atoms with Crippen LogP contribution in [0.5, 0.6) is 0 Å². The minimum absolute atomic E-state index is 0.333. The highest BCUT2D eigenvalue weighted by atomic mass is 127. The standard InChI is InChI=1S/C28H34I2N8/c1-17(2)38-18(3)34-27-23(29)11-19(12-25(27)38)22-13-26(31-16-24(22)30-4)35-28-32-14-21(15-33-28)37-9-7-20(8-10-37)36(5)6/h11-17,20H,4,7-10H2,1-3,5-6H3,(H,31,32,33,35). The van der Waals surface area contributed by atoms with Crippen molar-refractivity contribution in [1.29, 1.82) is 0 Å². The Morgan fingerprint density at radius 3 is 2.42 bits per heavy atom. The van der Waals surface area contributed by atoms with Gasteiger partial charge < -0.3 is 19.7 Å². The third-order valence-electron chi connectivity index (χ3n) is 7.19. The average molecular weight is 736 g/mol. The molecule has 10 heteroatoms. The van der Waals surface area contributed by atoms with E-state index < -0.39 is 20.7 Å². The first kappa shape index (κ1) is 27.4. The van der Waals surface area contributed by atoms with E-state index in [1.165, 1.54) is 3.57 Å². The fourth-order valence-corrected chi connectivity index (χ4v) is 7.16. The van der Waals surface area contributed by atoms with Gasteiger partial charge in [0.2, 0.25) is 5.95 Å². The molecule has 4 heterocycles. The van der Waals surface area contributed by atoms with E-state index in [-0.39, 0.29) is 0 Å². The van der Waals surface area contributed by atoms with Gasteiger partial charge in [-0.3, -0.25) is 0 Å². The first-order chi connectivity index (χ1) is 18.2. The van der Waals surface area contributed by atoms with Crippen molar-refractivity contribution in [1.82, 2.24) is 29.4 Å². The van der Waals surface area contributed by atoms with Gasteiger partial charge in [0.15, 0.2) is 0 Å². The van der Waals surface area contributed by atoms with Crippen LogP contribution in [0.15, 0.2) is 36.8 Å². The van der Waals surface area contributed by atoms with Crippen molar-refractivity contribution < 1.29 is 0 Å². The molecule has 0 spiro atoms. The Labute approximate surface area is 248 Å². The first-order valence-corrected chi connectivity index (χ1v) is 16.5. The Kier molecular flexibility index (Phi) is 8.29. The summed E-state index contributed by atoms with van der Waals surface area (Å²) in [6, 6.07) is 7.55. The van der Waals surface area contributed by atoms with Crippen LogP contribution in [0.1, 0.15) is 38.6 Å². The number of rotatable bonds is 7. The molecule has 38 heavy (non-hydrogen) atoms. The van der Waals surface area contributed by atoms with Crippen molar-refractivity contribution in [3.63, 3.8) is 0 Å². The maximum absolute atomic E-state index is 4.84. The Morgan fingerprint density at radius 1 is 1.08 bits per heavy atom. The first-order valence-electron chi connectivity index (χ1n) is 12.8. The van der Waals surface area contributed by atoms with E-state index in [1.807, 2.05) is 18.6 Å². The van der Waals surface area contributed by atoms with Gasteiger partial charge in [-0.2, -0.15) is 0 Å². The highest BCUT2D eigenvalue weighted by molar-refractivity contribution is 14.2. The summed E-state index contributed by atoms with van der Waals surface area (Å²) < 4.78 is 8.91. The second-order valence-electron chi connectivity index (χ2n) is 10.2. The lowest BCUT2D eigenvalue weighted by Crippen LogP contribution is -2.42. The van der Waals surface area contributed by atoms with Crippen molar-refractivity contribution >= 4 is 76.3 Å². The van der Waals surface area contributed by atoms with Crippen LogP contribution in [0, 0.1) is 14.1 Å². The second kappa shape index (κ2) is 11.5.